The van der Waals surface area contributed by atoms with Gasteiger partial charge in [0.2, 0.25) is 5.82 Å². The predicted octanol–water partition coefficient (Wildman–Crippen LogP) is 23.8. The van der Waals surface area contributed by atoms with E-state index in [1.807, 2.05) is 132 Å². The van der Waals surface area contributed by atoms with Gasteiger partial charge < -0.3 is 14.5 Å². The van der Waals surface area contributed by atoms with Gasteiger partial charge in [-0.2, -0.15) is 0 Å². The average molecular weight is 1250 g/mol. The van der Waals surface area contributed by atoms with Gasteiger partial charge in [-0.05, 0) is 150 Å². The van der Waals surface area contributed by atoms with E-state index in [1.165, 1.54) is 0 Å². The molecule has 0 saturated heterocycles. The van der Waals surface area contributed by atoms with Gasteiger partial charge in [-0.1, -0.05) is 220 Å². The molecule has 0 radical (unpaired) electrons. The smallest absolute Gasteiger partial charge is 0.200 e. The van der Waals surface area contributed by atoms with E-state index in [-0.39, 0.29) is 34.2 Å². The first-order valence-electron chi connectivity index (χ1n) is 31.7. The molecule has 0 aliphatic carbocycles. The Labute approximate surface area is 545 Å². The summed E-state index contributed by atoms with van der Waals surface area (Å²) in [5, 5.41) is 2.09. The van der Waals surface area contributed by atoms with Crippen molar-refractivity contribution >= 4 is 44.6 Å². The Morgan fingerprint density at radius 1 is 0.351 bits per heavy atom. The zero-order valence-electron chi connectivity index (χ0n) is 53.9. The first kappa shape index (κ1) is 61.0. The number of benzene rings is 11. The van der Waals surface area contributed by atoms with Crippen molar-refractivity contribution in [1.82, 2.24) is 9.55 Å². The van der Waals surface area contributed by atoms with E-state index in [9.17, 15) is 0 Å². The fourth-order valence-corrected chi connectivity index (χ4v) is 13.2. The molecule has 1 aliphatic rings. The lowest BCUT2D eigenvalue weighted by molar-refractivity contribution is 0.381. The van der Waals surface area contributed by atoms with Crippen LogP contribution in [0.1, 0.15) is 79.0 Å². The maximum absolute atomic E-state index is 17.2. The lowest BCUT2D eigenvalue weighted by atomic mass is 9.78. The van der Waals surface area contributed by atoms with Crippen LogP contribution < -0.4 is 14.5 Å². The second-order valence-corrected chi connectivity index (χ2v) is 27.5. The number of hydrogen-bond donors (Lipinski definition) is 0. The normalized spacial score (nSPS) is 12.7. The van der Waals surface area contributed by atoms with E-state index in [4.69, 9.17) is 9.72 Å². The lowest BCUT2D eigenvalue weighted by Gasteiger charge is -2.30. The van der Waals surface area contributed by atoms with E-state index >= 15 is 22.0 Å². The standard InChI is InChI=1S/C84H69F5N4O/c1-82(2,3)57-38-39-90-73(47-57)93-69-33-20-19-30-65(69)66-37-36-61(49-72(66)93)94-62-43-56(74-63(52-26-15-11-16-27-52)31-23-32-64(74)53-28-17-12-18-29-53)42-60(48-62)91-50-92(71-35-22-21-34-70(71)91)81-67(55-40-58(83(4,5)6)46-59(41-55)84(7,8)9)44-54(51-24-13-10-14-25-51)45-68(81)75-76(85)78(87)80(89)79(88)77(75)86/h10-49H,50H2,1-9H3. The number of anilines is 4. The molecule has 14 rings (SSSR count). The number of halogens is 5. The fourth-order valence-electron chi connectivity index (χ4n) is 13.2. The highest BCUT2D eigenvalue weighted by Gasteiger charge is 2.37. The minimum atomic E-state index is -2.24. The molecule has 0 spiro atoms. The molecular formula is C84H69F5N4O. The van der Waals surface area contributed by atoms with Gasteiger partial charge in [-0.3, -0.25) is 4.57 Å². The van der Waals surface area contributed by atoms with Crippen molar-refractivity contribution in [2.24, 2.45) is 0 Å². The Morgan fingerprint density at radius 3 is 1.49 bits per heavy atom. The van der Waals surface area contributed by atoms with Crippen LogP contribution in [0.25, 0.3) is 94.4 Å². The van der Waals surface area contributed by atoms with Crippen LogP contribution >= 0.6 is 0 Å². The largest absolute Gasteiger partial charge is 0.457 e. The third-order valence-corrected chi connectivity index (χ3v) is 18.1. The van der Waals surface area contributed by atoms with Crippen molar-refractivity contribution in [2.45, 2.75) is 78.6 Å². The first-order valence-corrected chi connectivity index (χ1v) is 31.7. The first-order chi connectivity index (χ1) is 45.1. The molecule has 0 saturated carbocycles. The molecule has 0 atom stereocenters. The summed E-state index contributed by atoms with van der Waals surface area (Å²) in [5.41, 5.74) is 13.3. The lowest BCUT2D eigenvalue weighted by Crippen LogP contribution is -2.25. The van der Waals surface area contributed by atoms with E-state index in [0.29, 0.717) is 50.8 Å². The number of hydrogen-bond acceptors (Lipinski definition) is 4. The van der Waals surface area contributed by atoms with Crippen molar-refractivity contribution in [3.8, 4) is 84.1 Å². The number of aromatic nitrogens is 2. The highest BCUT2D eigenvalue weighted by molar-refractivity contribution is 6.10. The summed E-state index contributed by atoms with van der Waals surface area (Å²) in [5.74, 6) is -8.35. The Hall–Kier alpha value is -10.6. The molecule has 94 heavy (non-hydrogen) atoms. The molecule has 3 heterocycles. The summed E-state index contributed by atoms with van der Waals surface area (Å²) in [6, 6.07) is 78.7. The number of nitrogens with zero attached hydrogens (tertiary/aromatic N) is 4. The van der Waals surface area contributed by atoms with Gasteiger partial charge >= 0.3 is 0 Å². The van der Waals surface area contributed by atoms with E-state index in [0.717, 1.165) is 77.7 Å². The van der Waals surface area contributed by atoms with Gasteiger partial charge in [-0.15, -0.1) is 0 Å². The van der Waals surface area contributed by atoms with E-state index in [2.05, 4.69) is 181 Å². The van der Waals surface area contributed by atoms with Gasteiger partial charge in [0.25, 0.3) is 0 Å². The zero-order valence-corrected chi connectivity index (χ0v) is 53.9. The van der Waals surface area contributed by atoms with Crippen LogP contribution in [0.4, 0.5) is 44.7 Å². The third-order valence-electron chi connectivity index (χ3n) is 18.1. The number of fused-ring (bicyclic) bond motifs is 4. The topological polar surface area (TPSA) is 33.5 Å². The van der Waals surface area contributed by atoms with E-state index in [1.54, 1.807) is 6.07 Å². The third kappa shape index (κ3) is 11.0. The fraction of sp³-hybridized carbons (Fsp3) is 0.155. The van der Waals surface area contributed by atoms with Gasteiger partial charge in [0.15, 0.2) is 23.3 Å². The van der Waals surface area contributed by atoms with Gasteiger partial charge in [0, 0.05) is 45.9 Å². The second-order valence-electron chi connectivity index (χ2n) is 27.5. The Balaban J connectivity index is 1.03. The van der Waals surface area contributed by atoms with Crippen molar-refractivity contribution < 1.29 is 26.7 Å². The van der Waals surface area contributed by atoms with Crippen LogP contribution in [-0.4, -0.2) is 16.2 Å². The van der Waals surface area contributed by atoms with Gasteiger partial charge in [-0.25, -0.2) is 26.9 Å². The van der Waals surface area contributed by atoms with Crippen molar-refractivity contribution in [3.63, 3.8) is 0 Å². The number of pyridine rings is 1. The van der Waals surface area contributed by atoms with Crippen LogP contribution in [0.2, 0.25) is 0 Å². The van der Waals surface area contributed by atoms with Crippen molar-refractivity contribution in [2.75, 3.05) is 16.5 Å². The molecule has 13 aromatic rings. The van der Waals surface area contributed by atoms with Crippen LogP contribution in [0, 0.1) is 29.1 Å². The summed E-state index contributed by atoms with van der Waals surface area (Å²) < 4.78 is 91.4. The molecule has 0 bridgehead atoms. The average Bonchev–Trinajstić information content (AvgIpc) is 1.41. The molecular weight excluding hydrogens is 1180 g/mol. The maximum Gasteiger partial charge on any atom is 0.200 e. The van der Waals surface area contributed by atoms with Crippen LogP contribution in [0.5, 0.6) is 11.5 Å². The van der Waals surface area contributed by atoms with Crippen LogP contribution in [-0.2, 0) is 16.2 Å². The minimum absolute atomic E-state index is 0.00593. The quantitative estimate of drug-likeness (QED) is 0.0734. The van der Waals surface area contributed by atoms with Gasteiger partial charge in [0.05, 0.1) is 33.7 Å². The second kappa shape index (κ2) is 23.5. The molecule has 2 aromatic heterocycles. The summed E-state index contributed by atoms with van der Waals surface area (Å²) in [6.45, 7) is 19.4. The Kier molecular flexibility index (Phi) is 15.3. The maximum atomic E-state index is 17.2. The molecule has 10 heteroatoms. The number of rotatable bonds is 11. The molecule has 0 amide bonds. The summed E-state index contributed by atoms with van der Waals surface area (Å²) >= 11 is 0. The molecule has 11 aromatic carbocycles. The van der Waals surface area contributed by atoms with Crippen LogP contribution in [0.15, 0.2) is 243 Å². The van der Waals surface area contributed by atoms with Crippen molar-refractivity contribution in [1.29, 1.82) is 0 Å². The molecule has 0 unspecified atom stereocenters. The minimum Gasteiger partial charge on any atom is -0.457 e. The summed E-state index contributed by atoms with van der Waals surface area (Å²) in [7, 11) is 0. The van der Waals surface area contributed by atoms with Crippen molar-refractivity contribution in [3.05, 3.63) is 289 Å². The number of ether oxygens (including phenoxy) is 1. The highest BCUT2D eigenvalue weighted by Crippen LogP contribution is 2.55. The van der Waals surface area contributed by atoms with E-state index < -0.39 is 34.6 Å². The Morgan fingerprint density at radius 2 is 0.883 bits per heavy atom. The molecule has 0 N–H and O–H groups in total. The molecule has 1 aliphatic heterocycles. The highest BCUT2D eigenvalue weighted by atomic mass is 19.2. The van der Waals surface area contributed by atoms with Gasteiger partial charge in [0.1, 0.15) is 24.0 Å². The number of para-hydroxylation sites is 3. The Bertz CT molecular complexity index is 4980. The summed E-state index contributed by atoms with van der Waals surface area (Å²) in [4.78, 5) is 9.03. The SMILES string of the molecule is CC(C)(C)c1cc(-c2cc(-c3ccccc3)cc(-c3c(F)c(F)c(F)c(F)c3F)c2N2CN(c3cc(Oc4ccc5c6ccccc6n(-c6cc(C(C)(C)C)ccn6)c5c4)cc(-c4c(-c5ccccc5)cccc4-c4ccccc4)c3)c3ccccc32)cc(C(C)(C)C)c1. The molecule has 5 nitrogen and oxygen atoms in total. The zero-order chi connectivity index (χ0) is 65.5. The summed E-state index contributed by atoms with van der Waals surface area (Å²) in [6.07, 6.45) is 1.87. The molecule has 0 fully saturated rings. The monoisotopic (exact) mass is 1240 g/mol. The predicted molar refractivity (Wildman–Crippen MR) is 376 cm³/mol. The molecule has 466 valence electrons. The van der Waals surface area contributed by atoms with Crippen LogP contribution in [0.3, 0.4) is 0 Å².